The molecule has 0 unspecified atom stereocenters. The van der Waals surface area contributed by atoms with Crippen molar-refractivity contribution in [3.63, 3.8) is 0 Å². The Balaban J connectivity index is 1.82. The fourth-order valence-corrected chi connectivity index (χ4v) is 3.84. The number of halogens is 1. The Morgan fingerprint density at radius 2 is 2.00 bits per heavy atom. The van der Waals surface area contributed by atoms with Crippen molar-refractivity contribution in [3.8, 4) is 10.6 Å². The molecule has 1 aromatic carbocycles. The quantitative estimate of drug-likeness (QED) is 0.452. The lowest BCUT2D eigenvalue weighted by Gasteiger charge is -2.12. The Bertz CT molecular complexity index is 1100. The van der Waals surface area contributed by atoms with Gasteiger partial charge in [0, 0.05) is 22.7 Å². The lowest BCUT2D eigenvalue weighted by molar-refractivity contribution is 0.546. The summed E-state index contributed by atoms with van der Waals surface area (Å²) in [6.07, 6.45) is 1.80. The van der Waals surface area contributed by atoms with Gasteiger partial charge in [-0.1, -0.05) is 18.3 Å². The molecule has 3 heterocycles. The molecule has 0 fully saturated rings. The van der Waals surface area contributed by atoms with Gasteiger partial charge in [0.1, 0.15) is 10.8 Å². The van der Waals surface area contributed by atoms with Gasteiger partial charge in [-0.15, -0.1) is 11.3 Å². The van der Waals surface area contributed by atoms with Crippen molar-refractivity contribution in [2.24, 2.45) is 0 Å². The van der Waals surface area contributed by atoms with Gasteiger partial charge in [0.25, 0.3) is 0 Å². The number of aromatic nitrogens is 3. The minimum atomic E-state index is -0.282. The highest BCUT2D eigenvalue weighted by Gasteiger charge is 2.17. The third kappa shape index (κ3) is 3.48. The van der Waals surface area contributed by atoms with Crippen molar-refractivity contribution in [2.45, 2.75) is 19.9 Å². The maximum Gasteiger partial charge on any atom is 0.159 e. The Morgan fingerprint density at radius 3 is 2.67 bits per heavy atom. The van der Waals surface area contributed by atoms with Crippen LogP contribution in [-0.4, -0.2) is 19.8 Å². The van der Waals surface area contributed by atoms with Crippen LogP contribution in [0.2, 0.25) is 0 Å². The van der Waals surface area contributed by atoms with Gasteiger partial charge in [-0.05, 0) is 55.6 Å². The number of anilines is 1. The monoisotopic (exact) mass is 396 g/mol. The van der Waals surface area contributed by atoms with Gasteiger partial charge in [0.05, 0.1) is 16.8 Å². The summed E-state index contributed by atoms with van der Waals surface area (Å²) >= 11 is 7.29. The first-order valence-corrected chi connectivity index (χ1v) is 9.81. The van der Waals surface area contributed by atoms with Crippen molar-refractivity contribution in [3.05, 3.63) is 65.4 Å². The molecule has 0 spiro atoms. The molecule has 0 saturated heterocycles. The fourth-order valence-electron chi connectivity index (χ4n) is 2.87. The summed E-state index contributed by atoms with van der Waals surface area (Å²) < 4.78 is 15.1. The number of rotatable bonds is 4. The zero-order valence-corrected chi connectivity index (χ0v) is 16.4. The Labute approximate surface area is 165 Å². The van der Waals surface area contributed by atoms with Crippen LogP contribution < -0.4 is 5.32 Å². The second-order valence-corrected chi connectivity index (χ2v) is 7.77. The van der Waals surface area contributed by atoms with E-state index in [1.165, 1.54) is 12.1 Å². The van der Waals surface area contributed by atoms with E-state index in [-0.39, 0.29) is 11.9 Å². The Hall–Kier alpha value is -2.64. The molecule has 3 aromatic heterocycles. The van der Waals surface area contributed by atoms with E-state index >= 15 is 0 Å². The number of nitrogens with one attached hydrogen (secondary N) is 1. The van der Waals surface area contributed by atoms with Gasteiger partial charge in [-0.3, -0.25) is 0 Å². The maximum atomic E-state index is 13.2. The number of hydrogen-bond acceptors (Lipinski definition) is 4. The highest BCUT2D eigenvalue weighted by molar-refractivity contribution is 7.81. The van der Waals surface area contributed by atoms with Crippen LogP contribution in [0.5, 0.6) is 0 Å². The highest BCUT2D eigenvalue weighted by Crippen LogP contribution is 2.29. The Morgan fingerprint density at radius 1 is 1.22 bits per heavy atom. The van der Waals surface area contributed by atoms with E-state index in [4.69, 9.17) is 17.2 Å². The number of nitrogens with zero attached hydrogens (tertiary/aromatic N) is 3. The summed E-state index contributed by atoms with van der Waals surface area (Å²) in [6, 6.07) is 12.3. The van der Waals surface area contributed by atoms with Crippen molar-refractivity contribution in [1.82, 2.24) is 14.8 Å². The van der Waals surface area contributed by atoms with Gasteiger partial charge in [0.2, 0.25) is 0 Å². The molecule has 0 amide bonds. The number of thiophene rings is 1. The summed E-state index contributed by atoms with van der Waals surface area (Å²) in [4.78, 5) is 6.45. The second-order valence-electron chi connectivity index (χ2n) is 6.41. The van der Waals surface area contributed by atoms with Crippen molar-refractivity contribution < 1.29 is 4.39 Å². The van der Waals surface area contributed by atoms with Gasteiger partial charge in [-0.2, -0.15) is 5.10 Å². The van der Waals surface area contributed by atoms with Crippen LogP contribution in [0.4, 0.5) is 10.1 Å². The van der Waals surface area contributed by atoms with Crippen LogP contribution in [0.3, 0.4) is 0 Å². The van der Waals surface area contributed by atoms with Gasteiger partial charge < -0.3 is 5.32 Å². The molecular weight excluding hydrogens is 379 g/mol. The second kappa shape index (κ2) is 7.17. The lowest BCUT2D eigenvalue weighted by atomic mass is 10.1. The number of hydrogen-bond donors (Lipinski definition) is 1. The third-order valence-corrected chi connectivity index (χ3v) is 5.39. The number of pyridine rings is 1. The number of fused-ring (bicyclic) bond motifs is 1. The van der Waals surface area contributed by atoms with Crippen molar-refractivity contribution in [1.29, 1.82) is 0 Å². The fraction of sp³-hybridized carbons (Fsp3) is 0.150. The largest absolute Gasteiger partial charge is 0.346 e. The zero-order valence-electron chi connectivity index (χ0n) is 14.8. The summed E-state index contributed by atoms with van der Waals surface area (Å²) in [5.74, 6) is -0.282. The summed E-state index contributed by atoms with van der Waals surface area (Å²) in [7, 11) is 0. The molecule has 0 atom stereocenters. The van der Waals surface area contributed by atoms with E-state index in [2.05, 4.69) is 24.3 Å². The van der Waals surface area contributed by atoms with Crippen LogP contribution >= 0.6 is 23.6 Å². The molecule has 0 aliphatic rings. The van der Waals surface area contributed by atoms with Crippen LogP contribution in [-0.2, 0) is 0 Å². The van der Waals surface area contributed by atoms with E-state index in [1.54, 1.807) is 29.7 Å². The van der Waals surface area contributed by atoms with Gasteiger partial charge >= 0.3 is 0 Å². The minimum Gasteiger partial charge on any atom is -0.346 e. The molecule has 0 aliphatic heterocycles. The van der Waals surface area contributed by atoms with E-state index in [1.807, 2.05) is 28.3 Å². The van der Waals surface area contributed by atoms with Gasteiger partial charge in [-0.25, -0.2) is 14.1 Å². The SMILES string of the molecule is CC(C)n1ncc2c(C(=S)Nc3ccc(F)cc3)cc(-c3cccs3)nc21. The van der Waals surface area contributed by atoms with E-state index in [0.717, 1.165) is 32.9 Å². The average Bonchev–Trinajstić information content (AvgIpc) is 3.32. The first-order chi connectivity index (χ1) is 13.0. The van der Waals surface area contributed by atoms with Crippen LogP contribution in [0.1, 0.15) is 25.5 Å². The molecule has 136 valence electrons. The predicted octanol–water partition coefficient (Wildman–Crippen LogP) is 5.67. The highest BCUT2D eigenvalue weighted by atomic mass is 32.1. The minimum absolute atomic E-state index is 0.181. The molecular formula is C20H17FN4S2. The summed E-state index contributed by atoms with van der Waals surface area (Å²) in [5, 5.41) is 10.6. The molecule has 4 aromatic rings. The normalized spacial score (nSPS) is 11.3. The number of thiocarbonyl (C=S) groups is 1. The molecule has 0 bridgehead atoms. The molecule has 0 saturated carbocycles. The molecule has 4 nitrogen and oxygen atoms in total. The maximum absolute atomic E-state index is 13.2. The molecule has 0 radical (unpaired) electrons. The van der Waals surface area contributed by atoms with E-state index in [0.29, 0.717) is 4.99 Å². The Kier molecular flexibility index (Phi) is 4.72. The standard InChI is InChI=1S/C20H17FN4S2/c1-12(2)25-19-16(11-22-25)15(10-17(24-19)18-4-3-9-27-18)20(26)23-14-7-5-13(21)6-8-14/h3-12H,1-2H3,(H,23,26). The first-order valence-electron chi connectivity index (χ1n) is 8.52. The van der Waals surface area contributed by atoms with Crippen molar-refractivity contribution >= 4 is 45.3 Å². The van der Waals surface area contributed by atoms with E-state index < -0.39 is 0 Å². The van der Waals surface area contributed by atoms with Gasteiger partial charge in [0.15, 0.2) is 5.65 Å². The van der Waals surface area contributed by atoms with Crippen LogP contribution in [0.25, 0.3) is 21.6 Å². The molecule has 4 rings (SSSR count). The lowest BCUT2D eigenvalue weighted by Crippen LogP contribution is -2.12. The molecule has 27 heavy (non-hydrogen) atoms. The zero-order chi connectivity index (χ0) is 19.0. The number of benzene rings is 1. The molecule has 1 N–H and O–H groups in total. The van der Waals surface area contributed by atoms with Crippen LogP contribution in [0, 0.1) is 5.82 Å². The molecule has 7 heteroatoms. The topological polar surface area (TPSA) is 42.7 Å². The predicted molar refractivity (Wildman–Crippen MR) is 113 cm³/mol. The van der Waals surface area contributed by atoms with Crippen LogP contribution in [0.15, 0.2) is 54.0 Å². The summed E-state index contributed by atoms with van der Waals surface area (Å²) in [6.45, 7) is 4.14. The van der Waals surface area contributed by atoms with Crippen molar-refractivity contribution in [2.75, 3.05) is 5.32 Å². The smallest absolute Gasteiger partial charge is 0.159 e. The summed E-state index contributed by atoms with van der Waals surface area (Å²) in [5.41, 5.74) is 3.25. The molecule has 0 aliphatic carbocycles. The average molecular weight is 397 g/mol. The van der Waals surface area contributed by atoms with E-state index in [9.17, 15) is 4.39 Å². The first kappa shape index (κ1) is 17.8. The third-order valence-electron chi connectivity index (χ3n) is 4.18.